The molecule has 0 amide bonds. The molecule has 4 saturated carbocycles. The van der Waals surface area contributed by atoms with Crippen LogP contribution in [0, 0.1) is 40.4 Å². The van der Waals surface area contributed by atoms with Gasteiger partial charge in [0.15, 0.2) is 8.38 Å². The fourth-order valence-electron chi connectivity index (χ4n) is 8.61. The van der Waals surface area contributed by atoms with Crippen molar-refractivity contribution in [1.29, 1.82) is 0 Å². The molecule has 0 bridgehead atoms. The molecule has 3 heteroatoms. The summed E-state index contributed by atoms with van der Waals surface area (Å²) in [5, 5.41) is 0. The molecule has 2 nitrogen and oxygen atoms in total. The van der Waals surface area contributed by atoms with Crippen molar-refractivity contribution in [2.45, 2.75) is 97.3 Å². The molecule has 0 aromatic rings. The van der Waals surface area contributed by atoms with Gasteiger partial charge in [0.05, 0.1) is 0 Å². The van der Waals surface area contributed by atoms with Gasteiger partial charge in [-0.15, -0.1) is 0 Å². The Balaban J connectivity index is 1.39. The smallest absolute Gasteiger partial charge is 0.167 e. The van der Waals surface area contributed by atoms with Gasteiger partial charge in [-0.05, 0) is 105 Å². The molecule has 0 aromatic carbocycles. The lowest BCUT2D eigenvalue weighted by Crippen LogP contribution is -2.52. The first-order valence-corrected chi connectivity index (χ1v) is 13.4. The average molecular weight is 395 g/mol. The monoisotopic (exact) mass is 394 g/mol. The number of fused-ring (bicyclic) bond motifs is 5. The van der Waals surface area contributed by atoms with Crippen LogP contribution in [0.25, 0.3) is 0 Å². The zero-order valence-corrected chi connectivity index (χ0v) is 19.0. The molecule has 0 radical (unpaired) electrons. The van der Waals surface area contributed by atoms with E-state index < -0.39 is 8.38 Å². The molecule has 0 aliphatic heterocycles. The zero-order chi connectivity index (χ0) is 19.1. The Hall–Kier alpha value is 0.350. The van der Waals surface area contributed by atoms with Crippen molar-refractivity contribution in [3.8, 4) is 0 Å². The standard InChI is InChI=1S/C24H43O2P/c1-23-15-6-4-8-18(23)10-12-20-21-13-11-19(9-5-7-17-27(25)26-3)24(21,2)16-14-22(20)23/h18-22,25H,4-17H2,1-3H3. The van der Waals surface area contributed by atoms with Gasteiger partial charge >= 0.3 is 0 Å². The molecule has 0 aromatic heterocycles. The minimum absolute atomic E-state index is 0.615. The minimum atomic E-state index is -1.15. The molecule has 27 heavy (non-hydrogen) atoms. The molecular formula is C24H43O2P. The average Bonchev–Trinajstić information content (AvgIpc) is 3.01. The Morgan fingerprint density at radius 2 is 1.70 bits per heavy atom. The summed E-state index contributed by atoms with van der Waals surface area (Å²) in [6, 6.07) is 0. The highest BCUT2D eigenvalue weighted by molar-refractivity contribution is 7.46. The van der Waals surface area contributed by atoms with E-state index in [0.29, 0.717) is 10.8 Å². The summed E-state index contributed by atoms with van der Waals surface area (Å²) in [6.45, 7) is 5.38. The van der Waals surface area contributed by atoms with E-state index in [-0.39, 0.29) is 0 Å². The molecule has 0 heterocycles. The Labute approximate surface area is 169 Å². The van der Waals surface area contributed by atoms with Crippen molar-refractivity contribution >= 4 is 8.38 Å². The molecule has 4 fully saturated rings. The first-order chi connectivity index (χ1) is 13.0. The van der Waals surface area contributed by atoms with Crippen LogP contribution < -0.4 is 0 Å². The lowest BCUT2D eigenvalue weighted by Gasteiger charge is -2.60. The maximum atomic E-state index is 9.68. The van der Waals surface area contributed by atoms with Crippen LogP contribution in [-0.4, -0.2) is 18.2 Å². The summed E-state index contributed by atoms with van der Waals surface area (Å²) in [6.07, 6.45) is 19.8. The normalized spacial score (nSPS) is 47.8. The Bertz CT molecular complexity index is 511. The third kappa shape index (κ3) is 3.66. The van der Waals surface area contributed by atoms with E-state index in [1.165, 1.54) is 70.6 Å². The lowest BCUT2D eigenvalue weighted by molar-refractivity contribution is -0.111. The van der Waals surface area contributed by atoms with E-state index in [1.54, 1.807) is 13.5 Å². The van der Waals surface area contributed by atoms with Gasteiger partial charge < -0.3 is 9.42 Å². The van der Waals surface area contributed by atoms with E-state index in [1.807, 2.05) is 0 Å². The third-order valence-electron chi connectivity index (χ3n) is 10.1. The molecule has 0 saturated heterocycles. The summed E-state index contributed by atoms with van der Waals surface area (Å²) in [7, 11) is 0.479. The molecule has 4 aliphatic carbocycles. The second-order valence-electron chi connectivity index (χ2n) is 11.0. The van der Waals surface area contributed by atoms with Crippen molar-refractivity contribution < 1.29 is 9.42 Å². The molecule has 1 N–H and O–H groups in total. The van der Waals surface area contributed by atoms with Gasteiger partial charge in [0.2, 0.25) is 0 Å². The van der Waals surface area contributed by atoms with E-state index in [2.05, 4.69) is 13.8 Å². The summed E-state index contributed by atoms with van der Waals surface area (Å²) in [5.41, 5.74) is 1.29. The van der Waals surface area contributed by atoms with Gasteiger partial charge in [-0.1, -0.05) is 33.1 Å². The van der Waals surface area contributed by atoms with Crippen molar-refractivity contribution in [2.75, 3.05) is 13.3 Å². The quantitative estimate of drug-likeness (QED) is 0.383. The predicted octanol–water partition coefficient (Wildman–Crippen LogP) is 7.16. The topological polar surface area (TPSA) is 29.5 Å². The minimum Gasteiger partial charge on any atom is -0.350 e. The Morgan fingerprint density at radius 1 is 0.889 bits per heavy atom. The molecular weight excluding hydrogens is 351 g/mol. The van der Waals surface area contributed by atoms with Crippen LogP contribution in [0.4, 0.5) is 0 Å². The van der Waals surface area contributed by atoms with Crippen LogP contribution in [-0.2, 0) is 4.52 Å². The Kier molecular flexibility index (Phi) is 6.29. The van der Waals surface area contributed by atoms with Crippen molar-refractivity contribution in [3.63, 3.8) is 0 Å². The van der Waals surface area contributed by atoms with Gasteiger partial charge in [-0.3, -0.25) is 0 Å². The molecule has 4 aliphatic rings. The largest absolute Gasteiger partial charge is 0.350 e. The van der Waals surface area contributed by atoms with Crippen LogP contribution in [0.5, 0.6) is 0 Å². The molecule has 4 rings (SSSR count). The van der Waals surface area contributed by atoms with Gasteiger partial charge in [0.1, 0.15) is 0 Å². The van der Waals surface area contributed by atoms with E-state index in [4.69, 9.17) is 4.52 Å². The highest BCUT2D eigenvalue weighted by atomic mass is 31.2. The molecule has 0 spiro atoms. The fourth-order valence-corrected chi connectivity index (χ4v) is 9.28. The summed E-state index contributed by atoms with van der Waals surface area (Å²) in [4.78, 5) is 9.68. The summed E-state index contributed by atoms with van der Waals surface area (Å²) < 4.78 is 5.06. The predicted molar refractivity (Wildman–Crippen MR) is 115 cm³/mol. The van der Waals surface area contributed by atoms with Crippen molar-refractivity contribution in [2.24, 2.45) is 40.4 Å². The lowest BCUT2D eigenvalue weighted by atomic mass is 9.45. The van der Waals surface area contributed by atoms with Gasteiger partial charge in [-0.25, -0.2) is 0 Å². The zero-order valence-electron chi connectivity index (χ0n) is 18.1. The third-order valence-corrected chi connectivity index (χ3v) is 11.3. The molecule has 156 valence electrons. The van der Waals surface area contributed by atoms with Crippen LogP contribution in [0.2, 0.25) is 0 Å². The summed E-state index contributed by atoms with van der Waals surface area (Å²) in [5.74, 6) is 5.06. The number of unbranched alkanes of at least 4 members (excludes halogenated alkanes) is 1. The SMILES string of the molecule is COP(O)CCCCC1CCC2C3CCC4CCCCC4(C)C3CCC12C. The highest BCUT2D eigenvalue weighted by Crippen LogP contribution is 2.67. The first-order valence-electron chi connectivity index (χ1n) is 12.0. The van der Waals surface area contributed by atoms with Gasteiger partial charge in [0, 0.05) is 13.3 Å². The maximum absolute atomic E-state index is 9.68. The fraction of sp³-hybridized carbons (Fsp3) is 1.00. The van der Waals surface area contributed by atoms with E-state index in [9.17, 15) is 4.89 Å². The number of rotatable bonds is 6. The number of hydrogen-bond donors (Lipinski definition) is 1. The molecule has 8 atom stereocenters. The Morgan fingerprint density at radius 3 is 2.52 bits per heavy atom. The van der Waals surface area contributed by atoms with E-state index in [0.717, 1.165) is 42.2 Å². The summed E-state index contributed by atoms with van der Waals surface area (Å²) >= 11 is 0. The van der Waals surface area contributed by atoms with E-state index >= 15 is 0 Å². The maximum Gasteiger partial charge on any atom is 0.167 e. The van der Waals surface area contributed by atoms with Crippen LogP contribution in [0.1, 0.15) is 97.3 Å². The van der Waals surface area contributed by atoms with Crippen molar-refractivity contribution in [1.82, 2.24) is 0 Å². The second kappa shape index (κ2) is 8.23. The number of hydrogen-bond acceptors (Lipinski definition) is 2. The second-order valence-corrected chi connectivity index (χ2v) is 12.5. The van der Waals surface area contributed by atoms with Gasteiger partial charge in [-0.2, -0.15) is 0 Å². The molecule has 8 unspecified atom stereocenters. The van der Waals surface area contributed by atoms with Crippen LogP contribution >= 0.6 is 8.38 Å². The van der Waals surface area contributed by atoms with Gasteiger partial charge in [0.25, 0.3) is 0 Å². The van der Waals surface area contributed by atoms with Crippen molar-refractivity contribution in [3.05, 3.63) is 0 Å². The first kappa shape index (κ1) is 20.6. The van der Waals surface area contributed by atoms with Crippen LogP contribution in [0.3, 0.4) is 0 Å². The van der Waals surface area contributed by atoms with Crippen LogP contribution in [0.15, 0.2) is 0 Å². The highest BCUT2D eigenvalue weighted by Gasteiger charge is 2.59.